The van der Waals surface area contributed by atoms with Crippen LogP contribution in [0.4, 0.5) is 24.5 Å². The third kappa shape index (κ3) is 5.94. The summed E-state index contributed by atoms with van der Waals surface area (Å²) in [4.78, 5) is 29.0. The number of fused-ring (bicyclic) bond motifs is 1. The quantitative estimate of drug-likeness (QED) is 0.347. The molecule has 1 heterocycles. The number of benzene rings is 3. The first kappa shape index (κ1) is 23.7. The minimum absolute atomic E-state index is 0.168. The number of hydrogen-bond acceptors (Lipinski definition) is 4. The molecule has 3 aromatic carbocycles. The Labute approximate surface area is 199 Å². The maximum Gasteiger partial charge on any atom is 0.416 e. The average molecular weight is 478 g/mol. The summed E-state index contributed by atoms with van der Waals surface area (Å²) in [5.74, 6) is -0.811. The summed E-state index contributed by atoms with van der Waals surface area (Å²) >= 11 is 0. The molecule has 178 valence electrons. The van der Waals surface area contributed by atoms with Crippen LogP contribution < -0.4 is 16.0 Å². The van der Waals surface area contributed by atoms with Gasteiger partial charge in [0, 0.05) is 23.8 Å². The number of para-hydroxylation sites is 1. The van der Waals surface area contributed by atoms with E-state index in [1.807, 2.05) is 30.3 Å². The molecule has 2 amide bonds. The number of alkyl halides is 3. The van der Waals surface area contributed by atoms with Crippen molar-refractivity contribution < 1.29 is 22.8 Å². The molecule has 3 N–H and O–H groups in total. The van der Waals surface area contributed by atoms with Gasteiger partial charge in [-0.25, -0.2) is 0 Å². The van der Waals surface area contributed by atoms with Gasteiger partial charge in [0.1, 0.15) is 0 Å². The second-order valence-corrected chi connectivity index (χ2v) is 7.70. The summed E-state index contributed by atoms with van der Waals surface area (Å²) in [6.45, 7) is 0.136. The first-order chi connectivity index (χ1) is 16.8. The predicted molar refractivity (Wildman–Crippen MR) is 127 cm³/mol. The molecule has 4 aromatic rings. The highest BCUT2D eigenvalue weighted by molar-refractivity contribution is 6.03. The highest BCUT2D eigenvalue weighted by Gasteiger charge is 2.30. The minimum Gasteiger partial charge on any atom is -0.354 e. The number of halogens is 3. The normalized spacial score (nSPS) is 11.2. The lowest BCUT2D eigenvalue weighted by molar-refractivity contribution is -0.137. The summed E-state index contributed by atoms with van der Waals surface area (Å²) in [5.41, 5.74) is 1.52. The summed E-state index contributed by atoms with van der Waals surface area (Å²) < 4.78 is 39.2. The molecule has 0 unspecified atom stereocenters. The number of pyridine rings is 1. The molecular weight excluding hydrogens is 457 g/mol. The summed E-state index contributed by atoms with van der Waals surface area (Å²) in [6.07, 6.45) is -3.08. The minimum atomic E-state index is -4.47. The highest BCUT2D eigenvalue weighted by Crippen LogP contribution is 2.33. The van der Waals surface area contributed by atoms with E-state index < -0.39 is 17.6 Å². The third-order valence-electron chi connectivity index (χ3n) is 5.25. The van der Waals surface area contributed by atoms with E-state index in [-0.39, 0.29) is 23.5 Å². The van der Waals surface area contributed by atoms with Crippen LogP contribution in [0.1, 0.15) is 21.5 Å². The van der Waals surface area contributed by atoms with Crippen molar-refractivity contribution in [3.05, 3.63) is 102 Å². The average Bonchev–Trinajstić information content (AvgIpc) is 2.86. The topological polar surface area (TPSA) is 83.1 Å². The lowest BCUT2D eigenvalue weighted by Gasteiger charge is -2.14. The van der Waals surface area contributed by atoms with Gasteiger partial charge in [-0.1, -0.05) is 48.5 Å². The van der Waals surface area contributed by atoms with Crippen LogP contribution in [-0.2, 0) is 17.5 Å². The highest BCUT2D eigenvalue weighted by atomic mass is 19.4. The Morgan fingerprint density at radius 2 is 1.57 bits per heavy atom. The maximum absolute atomic E-state index is 13.1. The summed E-state index contributed by atoms with van der Waals surface area (Å²) in [7, 11) is 0. The molecule has 35 heavy (non-hydrogen) atoms. The fraction of sp³-hybridized carbons (Fsp3) is 0.115. The van der Waals surface area contributed by atoms with Crippen LogP contribution in [0.2, 0.25) is 0 Å². The standard InChI is InChI=1S/C26H21F3N4O2/c27-26(28,29)18-10-11-19-22(12-13-30-23(19)14-18)33-21-9-5-4-8-20(21)25(35)32-16-24(34)31-15-17-6-2-1-3-7-17/h1-14H,15-16H2,(H,30,33)(H,31,34)(H,32,35). The van der Waals surface area contributed by atoms with Gasteiger partial charge in [-0.15, -0.1) is 0 Å². The van der Waals surface area contributed by atoms with Crippen molar-refractivity contribution in [1.82, 2.24) is 15.6 Å². The zero-order chi connectivity index (χ0) is 24.8. The van der Waals surface area contributed by atoms with Crippen molar-refractivity contribution in [3.63, 3.8) is 0 Å². The van der Waals surface area contributed by atoms with Gasteiger partial charge in [0.05, 0.1) is 28.9 Å². The Hall–Kier alpha value is -4.40. The number of aromatic nitrogens is 1. The zero-order valence-electron chi connectivity index (χ0n) is 18.4. The molecule has 0 bridgehead atoms. The van der Waals surface area contributed by atoms with Gasteiger partial charge < -0.3 is 16.0 Å². The number of carbonyl (C=O) groups excluding carboxylic acids is 2. The molecule has 0 saturated carbocycles. The Balaban J connectivity index is 1.46. The lowest BCUT2D eigenvalue weighted by atomic mass is 10.1. The van der Waals surface area contributed by atoms with E-state index in [9.17, 15) is 22.8 Å². The number of anilines is 2. The van der Waals surface area contributed by atoms with Gasteiger partial charge >= 0.3 is 6.18 Å². The Morgan fingerprint density at radius 1 is 0.829 bits per heavy atom. The van der Waals surface area contributed by atoms with E-state index in [0.717, 1.165) is 17.7 Å². The number of nitrogens with one attached hydrogen (secondary N) is 3. The number of nitrogens with zero attached hydrogens (tertiary/aromatic N) is 1. The molecular formula is C26H21F3N4O2. The van der Waals surface area contributed by atoms with Crippen LogP contribution in [0.3, 0.4) is 0 Å². The van der Waals surface area contributed by atoms with Crippen molar-refractivity contribution in [2.24, 2.45) is 0 Å². The Kier molecular flexibility index (Phi) is 6.96. The molecule has 0 aliphatic carbocycles. The SMILES string of the molecule is O=C(CNC(=O)c1ccccc1Nc1ccnc2cc(C(F)(F)F)ccc12)NCc1ccccc1. The van der Waals surface area contributed by atoms with Crippen molar-refractivity contribution >= 4 is 34.1 Å². The van der Waals surface area contributed by atoms with E-state index in [0.29, 0.717) is 23.3 Å². The maximum atomic E-state index is 13.1. The van der Waals surface area contributed by atoms with Crippen LogP contribution in [0, 0.1) is 0 Å². The molecule has 0 atom stereocenters. The molecule has 4 rings (SSSR count). The smallest absolute Gasteiger partial charge is 0.354 e. The number of amides is 2. The van der Waals surface area contributed by atoms with Gasteiger partial charge in [-0.05, 0) is 35.9 Å². The second kappa shape index (κ2) is 10.3. The first-order valence-corrected chi connectivity index (χ1v) is 10.7. The fourth-order valence-electron chi connectivity index (χ4n) is 3.48. The molecule has 0 aliphatic heterocycles. The van der Waals surface area contributed by atoms with Crippen LogP contribution in [0.5, 0.6) is 0 Å². The van der Waals surface area contributed by atoms with Crippen molar-refractivity contribution in [2.45, 2.75) is 12.7 Å². The van der Waals surface area contributed by atoms with Gasteiger partial charge in [0.15, 0.2) is 0 Å². The third-order valence-corrected chi connectivity index (χ3v) is 5.25. The van der Waals surface area contributed by atoms with Crippen molar-refractivity contribution in [1.29, 1.82) is 0 Å². The number of rotatable bonds is 7. The van der Waals surface area contributed by atoms with Crippen LogP contribution >= 0.6 is 0 Å². The molecule has 0 aliphatic rings. The van der Waals surface area contributed by atoms with Crippen LogP contribution in [0.25, 0.3) is 10.9 Å². The largest absolute Gasteiger partial charge is 0.416 e. The van der Waals surface area contributed by atoms with E-state index in [4.69, 9.17) is 0 Å². The molecule has 0 fully saturated rings. The molecule has 0 spiro atoms. The molecule has 6 nitrogen and oxygen atoms in total. The fourth-order valence-corrected chi connectivity index (χ4v) is 3.48. The second-order valence-electron chi connectivity index (χ2n) is 7.70. The monoisotopic (exact) mass is 478 g/mol. The van der Waals surface area contributed by atoms with Gasteiger partial charge in [-0.2, -0.15) is 13.2 Å². The van der Waals surface area contributed by atoms with E-state index in [1.165, 1.54) is 12.3 Å². The molecule has 0 radical (unpaired) electrons. The Bertz CT molecular complexity index is 1360. The predicted octanol–water partition coefficient (Wildman–Crippen LogP) is 5.04. The molecule has 0 saturated heterocycles. The summed E-state index contributed by atoms with van der Waals surface area (Å²) in [6, 6.07) is 21.0. The summed E-state index contributed by atoms with van der Waals surface area (Å²) in [5, 5.41) is 8.91. The van der Waals surface area contributed by atoms with E-state index in [1.54, 1.807) is 30.3 Å². The molecule has 9 heteroatoms. The van der Waals surface area contributed by atoms with Gasteiger partial charge in [0.25, 0.3) is 5.91 Å². The number of carbonyl (C=O) groups is 2. The van der Waals surface area contributed by atoms with Gasteiger partial charge in [-0.3, -0.25) is 14.6 Å². The number of hydrogen-bond donors (Lipinski definition) is 3. The lowest BCUT2D eigenvalue weighted by Crippen LogP contribution is -2.36. The van der Waals surface area contributed by atoms with Crippen LogP contribution in [0.15, 0.2) is 85.1 Å². The molecule has 1 aromatic heterocycles. The van der Waals surface area contributed by atoms with Crippen molar-refractivity contribution in [3.8, 4) is 0 Å². The first-order valence-electron chi connectivity index (χ1n) is 10.7. The zero-order valence-corrected chi connectivity index (χ0v) is 18.4. The van der Waals surface area contributed by atoms with Crippen LogP contribution in [-0.4, -0.2) is 23.3 Å². The van der Waals surface area contributed by atoms with Gasteiger partial charge in [0.2, 0.25) is 5.91 Å². The Morgan fingerprint density at radius 3 is 2.34 bits per heavy atom. The van der Waals surface area contributed by atoms with E-state index >= 15 is 0 Å². The van der Waals surface area contributed by atoms with Crippen molar-refractivity contribution in [2.75, 3.05) is 11.9 Å². The van der Waals surface area contributed by atoms with E-state index in [2.05, 4.69) is 20.9 Å².